The molecular formula is C13H12ClN3O2S. The highest BCUT2D eigenvalue weighted by atomic mass is 35.5. The molecule has 7 heteroatoms. The Labute approximate surface area is 125 Å². The summed E-state index contributed by atoms with van der Waals surface area (Å²) in [6, 6.07) is 6.73. The van der Waals surface area contributed by atoms with Gasteiger partial charge in [-0.1, -0.05) is 12.1 Å². The number of anilines is 1. The van der Waals surface area contributed by atoms with Crippen molar-refractivity contribution in [1.29, 1.82) is 0 Å². The molecule has 0 saturated carbocycles. The lowest BCUT2D eigenvalue weighted by molar-refractivity contribution is -0.116. The zero-order chi connectivity index (χ0) is 14.5. The van der Waals surface area contributed by atoms with Gasteiger partial charge >= 0.3 is 0 Å². The van der Waals surface area contributed by atoms with Gasteiger partial charge in [0.2, 0.25) is 11.0 Å². The van der Waals surface area contributed by atoms with Gasteiger partial charge in [-0.05, 0) is 12.1 Å². The van der Waals surface area contributed by atoms with E-state index in [1.807, 2.05) is 0 Å². The molecule has 0 bridgehead atoms. The van der Waals surface area contributed by atoms with Crippen molar-refractivity contribution in [2.75, 3.05) is 5.01 Å². The fourth-order valence-electron chi connectivity index (χ4n) is 1.44. The van der Waals surface area contributed by atoms with E-state index >= 15 is 0 Å². The molecule has 1 heterocycles. The van der Waals surface area contributed by atoms with E-state index in [0.29, 0.717) is 16.4 Å². The second kappa shape index (κ2) is 6.49. The van der Waals surface area contributed by atoms with Crippen molar-refractivity contribution in [3.05, 3.63) is 40.9 Å². The third-order valence-corrected chi connectivity index (χ3v) is 3.54. The molecule has 0 atom stereocenters. The van der Waals surface area contributed by atoms with Gasteiger partial charge in [0.05, 0.1) is 17.8 Å². The summed E-state index contributed by atoms with van der Waals surface area (Å²) < 4.78 is 0. The first kappa shape index (κ1) is 14.5. The van der Waals surface area contributed by atoms with Gasteiger partial charge in [0.15, 0.2) is 0 Å². The Morgan fingerprint density at radius 2 is 2.30 bits per heavy atom. The number of carbonyl (C=O) groups excluding carboxylic acids is 1. The molecule has 0 radical (unpaired) electrons. The Bertz CT molecular complexity index is 642. The van der Waals surface area contributed by atoms with Crippen molar-refractivity contribution in [3.63, 3.8) is 0 Å². The molecule has 0 fully saturated rings. The lowest BCUT2D eigenvalue weighted by atomic mass is 10.2. The van der Waals surface area contributed by atoms with Crippen molar-refractivity contribution in [2.45, 2.75) is 12.8 Å². The van der Waals surface area contributed by atoms with Crippen LogP contribution in [0.25, 0.3) is 0 Å². The molecule has 1 amide bonds. The number of phenolic OH excluding ortho intramolecular Hbond substituents is 1. The van der Waals surface area contributed by atoms with Gasteiger partial charge in [-0.25, -0.2) is 4.98 Å². The number of alkyl halides is 1. The van der Waals surface area contributed by atoms with Crippen LogP contribution in [-0.4, -0.2) is 22.2 Å². The summed E-state index contributed by atoms with van der Waals surface area (Å²) in [7, 11) is 0. The summed E-state index contributed by atoms with van der Waals surface area (Å²) in [6.45, 7) is 1.39. The van der Waals surface area contributed by atoms with Crippen LogP contribution in [0.2, 0.25) is 0 Å². The van der Waals surface area contributed by atoms with E-state index in [1.165, 1.54) is 29.5 Å². The SMILES string of the molecule is CC(=O)N(/N=C/c1ccccc1O)c1nc(CCl)cs1. The van der Waals surface area contributed by atoms with Gasteiger partial charge in [-0.3, -0.25) is 4.79 Å². The van der Waals surface area contributed by atoms with Gasteiger partial charge in [0.1, 0.15) is 5.75 Å². The number of phenols is 1. The standard InChI is InChI=1S/C13H12ClN3O2S/c1-9(18)17(13-16-11(6-14)8-20-13)15-7-10-4-2-3-5-12(10)19/h2-5,7-8,19H,6H2,1H3/b15-7+. The second-order valence-corrected chi connectivity index (χ2v) is 4.99. The summed E-state index contributed by atoms with van der Waals surface area (Å²) in [6.07, 6.45) is 1.42. The van der Waals surface area contributed by atoms with Gasteiger partial charge in [0, 0.05) is 17.9 Å². The van der Waals surface area contributed by atoms with E-state index in [4.69, 9.17) is 11.6 Å². The highest BCUT2D eigenvalue weighted by Gasteiger charge is 2.14. The number of benzene rings is 1. The van der Waals surface area contributed by atoms with Crippen molar-refractivity contribution < 1.29 is 9.90 Å². The minimum atomic E-state index is -0.271. The third-order valence-electron chi connectivity index (χ3n) is 2.41. The number of rotatable bonds is 4. The first-order chi connectivity index (χ1) is 9.61. The minimum Gasteiger partial charge on any atom is -0.507 e. The summed E-state index contributed by atoms with van der Waals surface area (Å²) in [5, 5.41) is 17.1. The van der Waals surface area contributed by atoms with Crippen molar-refractivity contribution >= 4 is 40.2 Å². The number of aromatic nitrogens is 1. The maximum atomic E-state index is 11.6. The van der Waals surface area contributed by atoms with Gasteiger partial charge in [-0.15, -0.1) is 22.9 Å². The number of para-hydroxylation sites is 1. The summed E-state index contributed by atoms with van der Waals surface area (Å²) in [4.78, 5) is 15.8. The Morgan fingerprint density at radius 1 is 1.55 bits per heavy atom. The maximum absolute atomic E-state index is 11.6. The first-order valence-corrected chi connectivity index (χ1v) is 7.16. The molecule has 1 N–H and O–H groups in total. The van der Waals surface area contributed by atoms with Crippen molar-refractivity contribution in [1.82, 2.24) is 4.98 Å². The zero-order valence-corrected chi connectivity index (χ0v) is 12.2. The number of halogens is 1. The average Bonchev–Trinajstić information content (AvgIpc) is 2.89. The van der Waals surface area contributed by atoms with E-state index in [2.05, 4.69) is 10.1 Å². The number of hydrogen-bond acceptors (Lipinski definition) is 5. The Kier molecular flexibility index (Phi) is 4.70. The fourth-order valence-corrected chi connectivity index (χ4v) is 2.49. The second-order valence-electron chi connectivity index (χ2n) is 3.89. The van der Waals surface area contributed by atoms with E-state index in [1.54, 1.807) is 29.6 Å². The molecule has 0 saturated heterocycles. The number of amides is 1. The Balaban J connectivity index is 2.26. The van der Waals surface area contributed by atoms with E-state index in [9.17, 15) is 9.90 Å². The van der Waals surface area contributed by atoms with Crippen LogP contribution in [0, 0.1) is 0 Å². The van der Waals surface area contributed by atoms with Gasteiger partial charge in [0.25, 0.3) is 0 Å². The molecule has 5 nitrogen and oxygen atoms in total. The lowest BCUT2D eigenvalue weighted by Crippen LogP contribution is -2.22. The largest absolute Gasteiger partial charge is 0.507 e. The third kappa shape index (κ3) is 3.34. The first-order valence-electron chi connectivity index (χ1n) is 5.75. The monoisotopic (exact) mass is 309 g/mol. The minimum absolute atomic E-state index is 0.0975. The highest BCUT2D eigenvalue weighted by molar-refractivity contribution is 7.14. The summed E-state index contributed by atoms with van der Waals surface area (Å²) in [5.41, 5.74) is 1.21. The molecule has 104 valence electrons. The molecule has 0 aliphatic carbocycles. The number of nitrogens with zero attached hydrogens (tertiary/aromatic N) is 3. The Morgan fingerprint density at radius 3 is 2.90 bits per heavy atom. The van der Waals surface area contributed by atoms with Crippen molar-refractivity contribution in [2.24, 2.45) is 5.10 Å². The quantitative estimate of drug-likeness (QED) is 0.536. The van der Waals surface area contributed by atoms with Crippen LogP contribution in [0.1, 0.15) is 18.2 Å². The number of hydrogen-bond donors (Lipinski definition) is 1. The number of thiazole rings is 1. The van der Waals surface area contributed by atoms with Crippen LogP contribution < -0.4 is 5.01 Å². The van der Waals surface area contributed by atoms with Crippen LogP contribution in [0.3, 0.4) is 0 Å². The number of aromatic hydroxyl groups is 1. The highest BCUT2D eigenvalue weighted by Crippen LogP contribution is 2.22. The van der Waals surface area contributed by atoms with Gasteiger partial charge < -0.3 is 5.11 Å². The van der Waals surface area contributed by atoms with E-state index in [-0.39, 0.29) is 17.5 Å². The van der Waals surface area contributed by atoms with Crippen LogP contribution in [0.5, 0.6) is 5.75 Å². The van der Waals surface area contributed by atoms with E-state index in [0.717, 1.165) is 0 Å². The predicted molar refractivity (Wildman–Crippen MR) is 80.5 cm³/mol. The van der Waals surface area contributed by atoms with Crippen LogP contribution in [0.15, 0.2) is 34.7 Å². The smallest absolute Gasteiger partial charge is 0.246 e. The molecular weight excluding hydrogens is 298 g/mol. The number of hydrazone groups is 1. The lowest BCUT2D eigenvalue weighted by Gasteiger charge is -2.10. The summed E-state index contributed by atoms with van der Waals surface area (Å²) >= 11 is 6.97. The van der Waals surface area contributed by atoms with Gasteiger partial charge in [-0.2, -0.15) is 10.1 Å². The van der Waals surface area contributed by atoms with Crippen LogP contribution in [-0.2, 0) is 10.7 Å². The fraction of sp³-hybridized carbons (Fsp3) is 0.154. The molecule has 2 rings (SSSR count). The normalized spacial score (nSPS) is 10.9. The topological polar surface area (TPSA) is 65.8 Å². The zero-order valence-electron chi connectivity index (χ0n) is 10.7. The molecule has 0 unspecified atom stereocenters. The average molecular weight is 310 g/mol. The van der Waals surface area contributed by atoms with Crippen LogP contribution >= 0.6 is 22.9 Å². The molecule has 20 heavy (non-hydrogen) atoms. The maximum Gasteiger partial charge on any atom is 0.246 e. The van der Waals surface area contributed by atoms with Crippen LogP contribution in [0.4, 0.5) is 5.13 Å². The van der Waals surface area contributed by atoms with E-state index < -0.39 is 0 Å². The predicted octanol–water partition coefficient (Wildman–Crippen LogP) is 2.97. The molecule has 0 aliphatic heterocycles. The molecule has 1 aromatic heterocycles. The van der Waals surface area contributed by atoms with Crippen molar-refractivity contribution in [3.8, 4) is 5.75 Å². The summed E-state index contributed by atoms with van der Waals surface area (Å²) in [5.74, 6) is 0.110. The molecule has 1 aromatic carbocycles. The molecule has 0 aliphatic rings. The molecule has 2 aromatic rings. The molecule has 0 spiro atoms. The Hall–Kier alpha value is -1.92. The number of carbonyl (C=O) groups is 1.